The molecule has 0 aliphatic rings. The zero-order valence-electron chi connectivity index (χ0n) is 14.2. The van der Waals surface area contributed by atoms with Crippen LogP contribution in [0.4, 0.5) is 0 Å². The predicted molar refractivity (Wildman–Crippen MR) is 93.4 cm³/mol. The van der Waals surface area contributed by atoms with E-state index in [-0.39, 0.29) is 0 Å². The van der Waals surface area contributed by atoms with Crippen molar-refractivity contribution in [3.8, 4) is 6.07 Å². The molecular weight excluding hydrogens is 302 g/mol. The maximum Gasteiger partial charge on any atom is 0.191 e. The van der Waals surface area contributed by atoms with Gasteiger partial charge in [-0.1, -0.05) is 19.1 Å². The fraction of sp³-hybridized carbons (Fsp3) is 0.412. The Morgan fingerprint density at radius 2 is 2.21 bits per heavy atom. The van der Waals surface area contributed by atoms with Crippen LogP contribution in [0.5, 0.6) is 0 Å². The van der Waals surface area contributed by atoms with Crippen LogP contribution in [0.3, 0.4) is 0 Å². The molecule has 7 heteroatoms. The van der Waals surface area contributed by atoms with Crippen LogP contribution in [0, 0.1) is 11.3 Å². The highest BCUT2D eigenvalue weighted by Gasteiger charge is 2.02. The monoisotopic (exact) mass is 325 g/mol. The third kappa shape index (κ3) is 5.09. The van der Waals surface area contributed by atoms with Gasteiger partial charge in [0, 0.05) is 26.1 Å². The molecule has 0 aliphatic heterocycles. The molecule has 0 atom stereocenters. The average Bonchev–Trinajstić information content (AvgIpc) is 3.07. The summed E-state index contributed by atoms with van der Waals surface area (Å²) in [6.07, 6.45) is 2.61. The van der Waals surface area contributed by atoms with E-state index in [0.29, 0.717) is 12.1 Å². The smallest absolute Gasteiger partial charge is 0.191 e. The molecule has 2 aromatic rings. The number of benzene rings is 1. The summed E-state index contributed by atoms with van der Waals surface area (Å²) >= 11 is 0. The minimum atomic E-state index is 0.525. The summed E-state index contributed by atoms with van der Waals surface area (Å²) in [7, 11) is 0. The molecule has 2 rings (SSSR count). The van der Waals surface area contributed by atoms with Gasteiger partial charge < -0.3 is 15.2 Å². The van der Waals surface area contributed by atoms with Crippen molar-refractivity contribution in [1.82, 2.24) is 25.4 Å². The summed E-state index contributed by atoms with van der Waals surface area (Å²) in [6, 6.07) is 9.65. The molecule has 0 saturated carbocycles. The third-order valence-corrected chi connectivity index (χ3v) is 3.48. The highest BCUT2D eigenvalue weighted by Crippen LogP contribution is 2.05. The van der Waals surface area contributed by atoms with Crippen molar-refractivity contribution >= 4 is 5.96 Å². The molecule has 1 aromatic carbocycles. The Hall–Kier alpha value is -2.88. The van der Waals surface area contributed by atoms with Crippen LogP contribution in [0.2, 0.25) is 0 Å². The number of aliphatic imine (C=N–C) groups is 1. The number of nitrogens with one attached hydrogen (secondary N) is 2. The zero-order chi connectivity index (χ0) is 17.2. The topological polar surface area (TPSA) is 90.9 Å². The number of hydrogen-bond donors (Lipinski definition) is 2. The van der Waals surface area contributed by atoms with Gasteiger partial charge in [-0.05, 0) is 24.6 Å². The fourth-order valence-electron chi connectivity index (χ4n) is 2.29. The highest BCUT2D eigenvalue weighted by atomic mass is 15.3. The molecule has 1 heterocycles. The van der Waals surface area contributed by atoms with Crippen molar-refractivity contribution in [3.63, 3.8) is 0 Å². The summed E-state index contributed by atoms with van der Waals surface area (Å²) in [6.45, 7) is 6.92. The Morgan fingerprint density at radius 3 is 2.96 bits per heavy atom. The Morgan fingerprint density at radius 1 is 1.33 bits per heavy atom. The molecule has 0 fully saturated rings. The van der Waals surface area contributed by atoms with Crippen LogP contribution in [0.1, 0.15) is 30.8 Å². The van der Waals surface area contributed by atoms with Crippen molar-refractivity contribution in [2.75, 3.05) is 13.1 Å². The molecule has 0 bridgehead atoms. The SMILES string of the molecule is CCNC(=NCc1cccc(C#N)c1)NCCn1cnnc1CC. The van der Waals surface area contributed by atoms with Crippen molar-refractivity contribution in [2.24, 2.45) is 4.99 Å². The summed E-state index contributed by atoms with van der Waals surface area (Å²) < 4.78 is 2.03. The van der Waals surface area contributed by atoms with Gasteiger partial charge in [-0.2, -0.15) is 5.26 Å². The second kappa shape index (κ2) is 9.30. The first-order valence-corrected chi connectivity index (χ1v) is 8.14. The van der Waals surface area contributed by atoms with Gasteiger partial charge in [-0.3, -0.25) is 0 Å². The number of rotatable bonds is 7. The zero-order valence-corrected chi connectivity index (χ0v) is 14.2. The summed E-state index contributed by atoms with van der Waals surface area (Å²) in [5.41, 5.74) is 1.67. The van der Waals surface area contributed by atoms with E-state index >= 15 is 0 Å². The Bertz CT molecular complexity index is 712. The van der Waals surface area contributed by atoms with Gasteiger partial charge in [0.05, 0.1) is 18.2 Å². The number of guanidine groups is 1. The minimum absolute atomic E-state index is 0.525. The molecule has 24 heavy (non-hydrogen) atoms. The Balaban J connectivity index is 1.92. The summed E-state index contributed by atoms with van der Waals surface area (Å²) in [5.74, 6) is 1.73. The molecule has 0 unspecified atom stereocenters. The van der Waals surface area contributed by atoms with Gasteiger partial charge in [0.2, 0.25) is 0 Å². The van der Waals surface area contributed by atoms with E-state index in [1.807, 2.05) is 29.7 Å². The van der Waals surface area contributed by atoms with Gasteiger partial charge in [-0.25, -0.2) is 4.99 Å². The predicted octanol–water partition coefficient (Wildman–Crippen LogP) is 1.47. The number of aryl methyl sites for hydroxylation is 1. The third-order valence-electron chi connectivity index (χ3n) is 3.48. The second-order valence-corrected chi connectivity index (χ2v) is 5.23. The molecule has 1 aromatic heterocycles. The largest absolute Gasteiger partial charge is 0.357 e. The lowest BCUT2D eigenvalue weighted by Crippen LogP contribution is -2.38. The Labute approximate surface area is 142 Å². The van der Waals surface area contributed by atoms with E-state index in [9.17, 15) is 0 Å². The number of hydrogen-bond acceptors (Lipinski definition) is 4. The molecule has 126 valence electrons. The van der Waals surface area contributed by atoms with E-state index in [1.165, 1.54) is 0 Å². The number of aromatic nitrogens is 3. The van der Waals surface area contributed by atoms with Crippen LogP contribution >= 0.6 is 0 Å². The lowest BCUT2D eigenvalue weighted by Gasteiger charge is -2.12. The van der Waals surface area contributed by atoms with Crippen molar-refractivity contribution in [3.05, 3.63) is 47.5 Å². The Kier molecular flexibility index (Phi) is 6.77. The van der Waals surface area contributed by atoms with Crippen LogP contribution in [0.25, 0.3) is 0 Å². The van der Waals surface area contributed by atoms with Crippen molar-refractivity contribution < 1.29 is 0 Å². The quantitative estimate of drug-likeness (QED) is 0.594. The molecule has 7 nitrogen and oxygen atoms in total. The first-order chi connectivity index (χ1) is 11.8. The molecule has 0 amide bonds. The van der Waals surface area contributed by atoms with Gasteiger partial charge >= 0.3 is 0 Å². The van der Waals surface area contributed by atoms with Crippen LogP contribution in [-0.4, -0.2) is 33.8 Å². The first kappa shape index (κ1) is 17.5. The molecule has 0 saturated heterocycles. The molecular formula is C17H23N7. The minimum Gasteiger partial charge on any atom is -0.357 e. The number of nitriles is 1. The maximum atomic E-state index is 8.95. The van der Waals surface area contributed by atoms with Crippen LogP contribution in [0.15, 0.2) is 35.6 Å². The van der Waals surface area contributed by atoms with Crippen molar-refractivity contribution in [2.45, 2.75) is 33.4 Å². The van der Waals surface area contributed by atoms with E-state index < -0.39 is 0 Å². The lowest BCUT2D eigenvalue weighted by atomic mass is 10.1. The summed E-state index contributed by atoms with van der Waals surface area (Å²) in [4.78, 5) is 4.57. The molecule has 0 aliphatic carbocycles. The van der Waals surface area contributed by atoms with Crippen LogP contribution in [-0.2, 0) is 19.5 Å². The average molecular weight is 325 g/mol. The second-order valence-electron chi connectivity index (χ2n) is 5.23. The number of nitrogens with zero attached hydrogens (tertiary/aromatic N) is 5. The standard InChI is InChI=1S/C17H23N7/c1-3-16-23-22-13-24(16)9-8-20-17(19-4-2)21-12-15-7-5-6-14(10-15)11-18/h5-7,10,13H,3-4,8-9,12H2,1-2H3,(H2,19,20,21). The first-order valence-electron chi connectivity index (χ1n) is 8.14. The van der Waals surface area contributed by atoms with E-state index in [2.05, 4.69) is 38.8 Å². The molecule has 0 radical (unpaired) electrons. The lowest BCUT2D eigenvalue weighted by molar-refractivity contribution is 0.632. The van der Waals surface area contributed by atoms with Gasteiger partial charge in [0.25, 0.3) is 0 Å². The highest BCUT2D eigenvalue weighted by molar-refractivity contribution is 5.79. The van der Waals surface area contributed by atoms with Crippen LogP contribution < -0.4 is 10.6 Å². The maximum absolute atomic E-state index is 8.95. The van der Waals surface area contributed by atoms with E-state index in [1.54, 1.807) is 12.4 Å². The molecule has 2 N–H and O–H groups in total. The van der Waals surface area contributed by atoms with Gasteiger partial charge in [0.15, 0.2) is 5.96 Å². The normalized spacial score (nSPS) is 11.1. The van der Waals surface area contributed by atoms with Gasteiger partial charge in [-0.15, -0.1) is 10.2 Å². The van der Waals surface area contributed by atoms with E-state index in [4.69, 9.17) is 5.26 Å². The molecule has 0 spiro atoms. The van der Waals surface area contributed by atoms with Gasteiger partial charge in [0.1, 0.15) is 12.2 Å². The van der Waals surface area contributed by atoms with E-state index in [0.717, 1.165) is 43.4 Å². The fourth-order valence-corrected chi connectivity index (χ4v) is 2.29. The van der Waals surface area contributed by atoms with Crippen molar-refractivity contribution in [1.29, 1.82) is 5.26 Å². The summed E-state index contributed by atoms with van der Waals surface area (Å²) in [5, 5.41) is 23.5.